The minimum absolute atomic E-state index is 0.167. The largest absolute Gasteiger partial charge is 0.416 e. The molecule has 0 bridgehead atoms. The molecular weight excluding hydrogens is 285 g/mol. The van der Waals surface area contributed by atoms with Crippen LogP contribution >= 0.6 is 11.3 Å². The summed E-state index contributed by atoms with van der Waals surface area (Å²) in [6.07, 6.45) is -4.30. The summed E-state index contributed by atoms with van der Waals surface area (Å²) in [6, 6.07) is 5.23. The molecule has 1 aromatic carbocycles. The van der Waals surface area contributed by atoms with Crippen LogP contribution in [-0.2, 0) is 12.7 Å². The predicted molar refractivity (Wildman–Crippen MR) is 73.5 cm³/mol. The fourth-order valence-electron chi connectivity index (χ4n) is 1.85. The number of nitrogens with one attached hydrogen (secondary N) is 1. The van der Waals surface area contributed by atoms with Crippen molar-refractivity contribution in [1.29, 1.82) is 0 Å². The second kappa shape index (κ2) is 5.93. The normalized spacial score (nSPS) is 13.4. The van der Waals surface area contributed by atoms with Crippen LogP contribution in [0.2, 0.25) is 0 Å². The lowest BCUT2D eigenvalue weighted by Crippen LogP contribution is -2.19. The molecule has 20 heavy (non-hydrogen) atoms. The van der Waals surface area contributed by atoms with Gasteiger partial charge < -0.3 is 5.32 Å². The molecule has 2 aromatic rings. The molecule has 0 saturated carbocycles. The van der Waals surface area contributed by atoms with E-state index < -0.39 is 11.7 Å². The SMILES string of the molecule is Cc1nc(CNC(C)c2cccc(C(F)(F)F)c2)cs1. The topological polar surface area (TPSA) is 24.9 Å². The summed E-state index contributed by atoms with van der Waals surface area (Å²) in [5, 5.41) is 6.11. The standard InChI is InChI=1S/C14H15F3N2S/c1-9(18-7-13-8-20-10(2)19-13)11-4-3-5-12(6-11)14(15,16)17/h3-6,8-9,18H,7H2,1-2H3. The Morgan fingerprint density at radius 3 is 2.70 bits per heavy atom. The third-order valence-corrected chi connectivity index (χ3v) is 3.79. The maximum absolute atomic E-state index is 12.7. The molecular formula is C14H15F3N2S. The zero-order chi connectivity index (χ0) is 14.8. The van der Waals surface area contributed by atoms with E-state index in [0.717, 1.165) is 16.8 Å². The molecule has 0 saturated heterocycles. The van der Waals surface area contributed by atoms with Gasteiger partial charge in [-0.3, -0.25) is 0 Å². The number of thiazole rings is 1. The predicted octanol–water partition coefficient (Wildman–Crippen LogP) is 4.32. The minimum Gasteiger partial charge on any atom is -0.305 e. The van der Waals surface area contributed by atoms with Crippen LogP contribution in [0.1, 0.15) is 34.8 Å². The summed E-state index contributed by atoms with van der Waals surface area (Å²) < 4.78 is 38.0. The van der Waals surface area contributed by atoms with Gasteiger partial charge in [0.15, 0.2) is 0 Å². The number of halogens is 3. The van der Waals surface area contributed by atoms with Gasteiger partial charge in [-0.15, -0.1) is 11.3 Å². The van der Waals surface area contributed by atoms with Gasteiger partial charge in [0.1, 0.15) is 0 Å². The summed E-state index contributed by atoms with van der Waals surface area (Å²) >= 11 is 1.56. The molecule has 0 spiro atoms. The Hall–Kier alpha value is -1.40. The van der Waals surface area contributed by atoms with Crippen LogP contribution in [0.15, 0.2) is 29.6 Å². The number of benzene rings is 1. The van der Waals surface area contributed by atoms with Crippen molar-refractivity contribution in [3.63, 3.8) is 0 Å². The molecule has 0 amide bonds. The number of nitrogens with zero attached hydrogens (tertiary/aromatic N) is 1. The van der Waals surface area contributed by atoms with E-state index in [1.807, 2.05) is 19.2 Å². The first-order valence-corrected chi connectivity index (χ1v) is 7.06. The molecule has 1 N–H and O–H groups in total. The van der Waals surface area contributed by atoms with Crippen molar-refractivity contribution in [2.45, 2.75) is 32.6 Å². The Morgan fingerprint density at radius 1 is 1.35 bits per heavy atom. The van der Waals surface area contributed by atoms with E-state index >= 15 is 0 Å². The van der Waals surface area contributed by atoms with E-state index in [1.165, 1.54) is 12.1 Å². The van der Waals surface area contributed by atoms with Crippen molar-refractivity contribution in [2.75, 3.05) is 0 Å². The zero-order valence-corrected chi connectivity index (χ0v) is 12.0. The van der Waals surface area contributed by atoms with Crippen LogP contribution in [0.3, 0.4) is 0 Å². The lowest BCUT2D eigenvalue weighted by molar-refractivity contribution is -0.137. The molecule has 108 valence electrons. The van der Waals surface area contributed by atoms with Crippen LogP contribution < -0.4 is 5.32 Å². The lowest BCUT2D eigenvalue weighted by Gasteiger charge is -2.15. The number of aryl methyl sites for hydroxylation is 1. The van der Waals surface area contributed by atoms with Crippen molar-refractivity contribution in [1.82, 2.24) is 10.3 Å². The zero-order valence-electron chi connectivity index (χ0n) is 11.2. The molecule has 1 aromatic heterocycles. The number of hydrogen-bond acceptors (Lipinski definition) is 3. The number of alkyl halides is 3. The van der Waals surface area contributed by atoms with Gasteiger partial charge in [-0.2, -0.15) is 13.2 Å². The van der Waals surface area contributed by atoms with Crippen LogP contribution in [0.5, 0.6) is 0 Å². The third-order valence-electron chi connectivity index (χ3n) is 2.97. The van der Waals surface area contributed by atoms with Crippen LogP contribution in [0.25, 0.3) is 0 Å². The van der Waals surface area contributed by atoms with E-state index in [4.69, 9.17) is 0 Å². The summed E-state index contributed by atoms with van der Waals surface area (Å²) in [4.78, 5) is 4.31. The van der Waals surface area contributed by atoms with Gasteiger partial charge in [-0.05, 0) is 31.5 Å². The van der Waals surface area contributed by atoms with Gasteiger partial charge in [0.2, 0.25) is 0 Å². The monoisotopic (exact) mass is 300 g/mol. The molecule has 0 aliphatic rings. The van der Waals surface area contributed by atoms with Crippen molar-refractivity contribution >= 4 is 11.3 Å². The highest BCUT2D eigenvalue weighted by Crippen LogP contribution is 2.30. The Kier molecular flexibility index (Phi) is 4.45. The van der Waals surface area contributed by atoms with Crippen molar-refractivity contribution in [2.24, 2.45) is 0 Å². The highest BCUT2D eigenvalue weighted by Gasteiger charge is 2.30. The molecule has 2 rings (SSSR count). The van der Waals surface area contributed by atoms with Gasteiger partial charge in [-0.25, -0.2) is 4.98 Å². The van der Waals surface area contributed by atoms with Crippen LogP contribution in [0, 0.1) is 6.92 Å². The number of aromatic nitrogens is 1. The summed E-state index contributed by atoms with van der Waals surface area (Å²) in [5.41, 5.74) is 0.909. The van der Waals surface area contributed by atoms with Crippen LogP contribution in [0.4, 0.5) is 13.2 Å². The molecule has 0 fully saturated rings. The maximum Gasteiger partial charge on any atom is 0.416 e. The summed E-state index contributed by atoms with van der Waals surface area (Å²) in [7, 11) is 0. The van der Waals surface area contributed by atoms with E-state index in [-0.39, 0.29) is 6.04 Å². The maximum atomic E-state index is 12.7. The molecule has 0 aliphatic heterocycles. The quantitative estimate of drug-likeness (QED) is 0.909. The van der Waals surface area contributed by atoms with Crippen LogP contribution in [-0.4, -0.2) is 4.98 Å². The van der Waals surface area contributed by atoms with Gasteiger partial charge in [0, 0.05) is 18.0 Å². The van der Waals surface area contributed by atoms with Crippen molar-refractivity contribution in [3.05, 3.63) is 51.5 Å². The first kappa shape index (κ1) is 15.0. The first-order chi connectivity index (χ1) is 9.36. The minimum atomic E-state index is -4.30. The first-order valence-electron chi connectivity index (χ1n) is 6.18. The Bertz CT molecular complexity index is 578. The number of rotatable bonds is 4. The van der Waals surface area contributed by atoms with Crippen molar-refractivity contribution in [3.8, 4) is 0 Å². The van der Waals surface area contributed by atoms with Gasteiger partial charge >= 0.3 is 6.18 Å². The van der Waals surface area contributed by atoms with E-state index in [1.54, 1.807) is 17.4 Å². The molecule has 0 radical (unpaired) electrons. The molecule has 1 heterocycles. The second-order valence-electron chi connectivity index (χ2n) is 4.58. The number of hydrogen-bond donors (Lipinski definition) is 1. The third kappa shape index (κ3) is 3.80. The Labute approximate surface area is 119 Å². The molecule has 2 nitrogen and oxygen atoms in total. The summed E-state index contributed by atoms with van der Waals surface area (Å²) in [6.45, 7) is 4.31. The fraction of sp³-hybridized carbons (Fsp3) is 0.357. The Balaban J connectivity index is 2.03. The molecule has 1 atom stereocenters. The smallest absolute Gasteiger partial charge is 0.305 e. The fourth-order valence-corrected chi connectivity index (χ4v) is 2.46. The highest BCUT2D eigenvalue weighted by atomic mass is 32.1. The average molecular weight is 300 g/mol. The molecule has 0 aliphatic carbocycles. The Morgan fingerprint density at radius 2 is 2.10 bits per heavy atom. The van der Waals surface area contributed by atoms with E-state index in [0.29, 0.717) is 12.1 Å². The van der Waals surface area contributed by atoms with E-state index in [2.05, 4.69) is 10.3 Å². The van der Waals surface area contributed by atoms with Gasteiger partial charge in [-0.1, -0.05) is 12.1 Å². The van der Waals surface area contributed by atoms with E-state index in [9.17, 15) is 13.2 Å². The molecule has 6 heteroatoms. The average Bonchev–Trinajstić information content (AvgIpc) is 2.81. The van der Waals surface area contributed by atoms with Gasteiger partial charge in [0.05, 0.1) is 16.3 Å². The van der Waals surface area contributed by atoms with Crippen molar-refractivity contribution < 1.29 is 13.2 Å². The summed E-state index contributed by atoms with van der Waals surface area (Å²) in [5.74, 6) is 0. The highest BCUT2D eigenvalue weighted by molar-refractivity contribution is 7.09. The molecule has 1 unspecified atom stereocenters. The van der Waals surface area contributed by atoms with Gasteiger partial charge in [0.25, 0.3) is 0 Å². The lowest BCUT2D eigenvalue weighted by atomic mass is 10.0. The second-order valence-corrected chi connectivity index (χ2v) is 5.65.